The molecule has 4 nitrogen and oxygen atoms in total. The van der Waals surface area contributed by atoms with E-state index >= 15 is 0 Å². The lowest BCUT2D eigenvalue weighted by Gasteiger charge is -2.08. The summed E-state index contributed by atoms with van der Waals surface area (Å²) < 4.78 is 7.55. The average Bonchev–Trinajstić information content (AvgIpc) is 2.47. The van der Waals surface area contributed by atoms with E-state index in [4.69, 9.17) is 4.74 Å². The van der Waals surface area contributed by atoms with Crippen LogP contribution in [0.15, 0.2) is 51.4 Å². The lowest BCUT2D eigenvalue weighted by Crippen LogP contribution is -2.21. The standard InChI is InChI=1S/C15H10Br2INO3/c16-10-4-5-13(12(17)7-10)19-14(20)8-22-15(21)9-2-1-3-11(18)6-9/h1-7H,8H2,(H,19,20). The molecule has 0 atom stereocenters. The van der Waals surface area contributed by atoms with E-state index in [2.05, 4.69) is 59.8 Å². The average molecular weight is 539 g/mol. The molecule has 2 rings (SSSR count). The first-order valence-corrected chi connectivity index (χ1v) is 8.80. The van der Waals surface area contributed by atoms with Crippen LogP contribution in [0.25, 0.3) is 0 Å². The van der Waals surface area contributed by atoms with Gasteiger partial charge in [0.2, 0.25) is 0 Å². The maximum Gasteiger partial charge on any atom is 0.338 e. The molecule has 0 bridgehead atoms. The van der Waals surface area contributed by atoms with Crippen LogP contribution in [0.3, 0.4) is 0 Å². The van der Waals surface area contributed by atoms with E-state index < -0.39 is 11.9 Å². The first-order valence-electron chi connectivity index (χ1n) is 6.13. The molecule has 1 amide bonds. The summed E-state index contributed by atoms with van der Waals surface area (Å²) in [5.74, 6) is -0.925. The van der Waals surface area contributed by atoms with Crippen LogP contribution in [0.2, 0.25) is 0 Å². The fourth-order valence-electron chi connectivity index (χ4n) is 1.61. The fraction of sp³-hybridized carbons (Fsp3) is 0.0667. The van der Waals surface area contributed by atoms with Crippen molar-refractivity contribution in [2.45, 2.75) is 0 Å². The van der Waals surface area contributed by atoms with Gasteiger partial charge in [0, 0.05) is 12.5 Å². The highest BCUT2D eigenvalue weighted by Gasteiger charge is 2.11. The number of ether oxygens (including phenoxy) is 1. The molecule has 1 N–H and O–H groups in total. The van der Waals surface area contributed by atoms with Gasteiger partial charge in [0.25, 0.3) is 5.91 Å². The van der Waals surface area contributed by atoms with Crippen molar-refractivity contribution >= 4 is 72.0 Å². The number of rotatable bonds is 4. The monoisotopic (exact) mass is 537 g/mol. The summed E-state index contributed by atoms with van der Waals surface area (Å²) in [7, 11) is 0. The zero-order valence-corrected chi connectivity index (χ0v) is 16.4. The molecule has 0 heterocycles. The van der Waals surface area contributed by atoms with Crippen LogP contribution >= 0.6 is 54.5 Å². The number of hydrogen-bond donors (Lipinski definition) is 1. The van der Waals surface area contributed by atoms with Crippen molar-refractivity contribution in [2.24, 2.45) is 0 Å². The molecular formula is C15H10Br2INO3. The van der Waals surface area contributed by atoms with Gasteiger partial charge in [0.05, 0.1) is 11.3 Å². The number of benzene rings is 2. The van der Waals surface area contributed by atoms with Gasteiger partial charge in [-0.1, -0.05) is 22.0 Å². The number of esters is 1. The van der Waals surface area contributed by atoms with Gasteiger partial charge in [-0.3, -0.25) is 4.79 Å². The van der Waals surface area contributed by atoms with Crippen LogP contribution in [-0.4, -0.2) is 18.5 Å². The van der Waals surface area contributed by atoms with Gasteiger partial charge < -0.3 is 10.1 Å². The Balaban J connectivity index is 1.91. The molecule has 114 valence electrons. The first kappa shape index (κ1) is 17.4. The van der Waals surface area contributed by atoms with Crippen molar-refractivity contribution in [2.75, 3.05) is 11.9 Å². The molecule has 2 aromatic carbocycles. The quantitative estimate of drug-likeness (QED) is 0.457. The number of hydrogen-bond acceptors (Lipinski definition) is 3. The number of nitrogens with one attached hydrogen (secondary N) is 1. The van der Waals surface area contributed by atoms with Gasteiger partial charge in [0.15, 0.2) is 6.61 Å². The van der Waals surface area contributed by atoms with E-state index in [1.54, 1.807) is 30.3 Å². The highest BCUT2D eigenvalue weighted by molar-refractivity contribution is 14.1. The Hall–Kier alpha value is -0.930. The van der Waals surface area contributed by atoms with Crippen molar-refractivity contribution in [1.29, 1.82) is 0 Å². The molecule has 0 spiro atoms. The second-order valence-corrected chi connectivity index (χ2v) is 7.27. The van der Waals surface area contributed by atoms with Crippen molar-refractivity contribution in [3.05, 3.63) is 60.5 Å². The maximum absolute atomic E-state index is 11.8. The topological polar surface area (TPSA) is 55.4 Å². The van der Waals surface area contributed by atoms with E-state index in [0.29, 0.717) is 11.3 Å². The summed E-state index contributed by atoms with van der Waals surface area (Å²) in [6.45, 7) is -0.340. The minimum atomic E-state index is -0.525. The molecule has 2 aromatic rings. The third-order valence-electron chi connectivity index (χ3n) is 2.60. The summed E-state index contributed by atoms with van der Waals surface area (Å²) in [4.78, 5) is 23.7. The van der Waals surface area contributed by atoms with Gasteiger partial charge in [-0.2, -0.15) is 0 Å². The summed E-state index contributed by atoms with van der Waals surface area (Å²) in [6.07, 6.45) is 0. The molecule has 0 saturated carbocycles. The van der Waals surface area contributed by atoms with Crippen LogP contribution in [0.4, 0.5) is 5.69 Å². The minimum Gasteiger partial charge on any atom is -0.452 e. The van der Waals surface area contributed by atoms with Gasteiger partial charge in [-0.15, -0.1) is 0 Å². The molecule has 0 saturated heterocycles. The lowest BCUT2D eigenvalue weighted by molar-refractivity contribution is -0.119. The first-order chi connectivity index (χ1) is 10.5. The Kier molecular flexibility index (Phi) is 6.39. The second-order valence-electron chi connectivity index (χ2n) is 4.26. The molecule has 0 aromatic heterocycles. The predicted molar refractivity (Wildman–Crippen MR) is 99.9 cm³/mol. The van der Waals surface area contributed by atoms with Crippen molar-refractivity contribution in [1.82, 2.24) is 0 Å². The molecule has 7 heteroatoms. The minimum absolute atomic E-state index is 0.340. The predicted octanol–water partition coefficient (Wildman–Crippen LogP) is 4.61. The van der Waals surface area contributed by atoms with Gasteiger partial charge in [-0.05, 0) is 74.9 Å². The van der Waals surface area contributed by atoms with Gasteiger partial charge in [0.1, 0.15) is 0 Å². The number of anilines is 1. The number of halogens is 3. The smallest absolute Gasteiger partial charge is 0.338 e. The molecule has 0 unspecified atom stereocenters. The summed E-state index contributed by atoms with van der Waals surface area (Å²) >= 11 is 8.78. The zero-order chi connectivity index (χ0) is 16.1. The van der Waals surface area contributed by atoms with Gasteiger partial charge in [-0.25, -0.2) is 4.79 Å². The largest absolute Gasteiger partial charge is 0.452 e. The van der Waals surface area contributed by atoms with E-state index in [0.717, 1.165) is 12.5 Å². The Labute approximate surface area is 158 Å². The SMILES string of the molecule is O=C(COC(=O)c1cccc(I)c1)Nc1ccc(Br)cc1Br. The van der Waals surface area contributed by atoms with E-state index in [-0.39, 0.29) is 6.61 Å². The summed E-state index contributed by atoms with van der Waals surface area (Å²) in [5, 5.41) is 2.67. The van der Waals surface area contributed by atoms with Crippen molar-refractivity contribution in [3.63, 3.8) is 0 Å². The molecular weight excluding hydrogens is 529 g/mol. The molecule has 0 aliphatic carbocycles. The van der Waals surface area contributed by atoms with Crippen LogP contribution < -0.4 is 5.32 Å². The molecule has 0 aliphatic rings. The Morgan fingerprint density at radius 2 is 1.91 bits per heavy atom. The molecule has 22 heavy (non-hydrogen) atoms. The lowest BCUT2D eigenvalue weighted by atomic mass is 10.2. The molecule has 0 fully saturated rings. The van der Waals surface area contributed by atoms with Crippen LogP contribution in [0.5, 0.6) is 0 Å². The van der Waals surface area contributed by atoms with E-state index in [9.17, 15) is 9.59 Å². The number of carbonyl (C=O) groups excluding carboxylic acids is 2. The number of amides is 1. The summed E-state index contributed by atoms with van der Waals surface area (Å²) in [5.41, 5.74) is 1.03. The second kappa shape index (κ2) is 8.07. The normalized spacial score (nSPS) is 10.1. The van der Waals surface area contributed by atoms with Crippen LogP contribution in [0, 0.1) is 3.57 Å². The van der Waals surface area contributed by atoms with E-state index in [1.165, 1.54) is 0 Å². The Bertz CT molecular complexity index is 722. The number of carbonyl (C=O) groups is 2. The van der Waals surface area contributed by atoms with Gasteiger partial charge >= 0.3 is 5.97 Å². The molecule has 0 radical (unpaired) electrons. The fourth-order valence-corrected chi connectivity index (χ4v) is 3.30. The third-order valence-corrected chi connectivity index (χ3v) is 4.42. The third kappa shape index (κ3) is 5.06. The maximum atomic E-state index is 11.8. The Morgan fingerprint density at radius 3 is 2.59 bits per heavy atom. The van der Waals surface area contributed by atoms with E-state index in [1.807, 2.05) is 12.1 Å². The highest BCUT2D eigenvalue weighted by atomic mass is 127. The zero-order valence-electron chi connectivity index (χ0n) is 11.1. The highest BCUT2D eigenvalue weighted by Crippen LogP contribution is 2.26. The Morgan fingerprint density at radius 1 is 1.14 bits per heavy atom. The van der Waals surface area contributed by atoms with Crippen LogP contribution in [0.1, 0.15) is 10.4 Å². The van der Waals surface area contributed by atoms with Crippen molar-refractivity contribution in [3.8, 4) is 0 Å². The van der Waals surface area contributed by atoms with Crippen molar-refractivity contribution < 1.29 is 14.3 Å². The molecule has 0 aliphatic heterocycles. The summed E-state index contributed by atoms with van der Waals surface area (Å²) in [6, 6.07) is 12.3. The van der Waals surface area contributed by atoms with Crippen LogP contribution in [-0.2, 0) is 9.53 Å².